The lowest BCUT2D eigenvalue weighted by atomic mass is 10.00. The van der Waals surface area contributed by atoms with E-state index in [1.165, 1.54) is 17.0 Å². The van der Waals surface area contributed by atoms with Gasteiger partial charge in [-0.25, -0.2) is 4.98 Å². The number of non-ortho nitro benzene ring substituents is 1. The lowest BCUT2D eigenvalue weighted by Gasteiger charge is -2.35. The van der Waals surface area contributed by atoms with Gasteiger partial charge in [0.1, 0.15) is 6.04 Å². The summed E-state index contributed by atoms with van der Waals surface area (Å²) in [5.74, 6) is -1.62. The number of aliphatic carboxylic acids is 1. The van der Waals surface area contributed by atoms with Crippen molar-refractivity contribution in [3.63, 3.8) is 0 Å². The molecule has 2 heterocycles. The zero-order valence-electron chi connectivity index (χ0n) is 20.1. The number of hydrogen-bond donors (Lipinski definition) is 2. The number of carboxylic acid groups (broad SMARTS) is 1. The Morgan fingerprint density at radius 2 is 1.78 bits per heavy atom. The Balaban J connectivity index is 1.53. The summed E-state index contributed by atoms with van der Waals surface area (Å²) in [7, 11) is 0. The van der Waals surface area contributed by atoms with Crippen molar-refractivity contribution in [3.05, 3.63) is 93.6 Å². The van der Waals surface area contributed by atoms with Gasteiger partial charge in [-0.1, -0.05) is 42.5 Å². The van der Waals surface area contributed by atoms with Crippen LogP contribution in [-0.4, -0.2) is 54.9 Å². The number of nitrogens with one attached hydrogen (secondary N) is 1. The Hall–Kier alpha value is -4.54. The predicted octanol–water partition coefficient (Wildman–Crippen LogP) is 2.32. The summed E-state index contributed by atoms with van der Waals surface area (Å²) >= 11 is 0. The molecule has 11 heteroatoms. The van der Waals surface area contributed by atoms with E-state index in [9.17, 15) is 24.5 Å². The second-order valence-corrected chi connectivity index (χ2v) is 8.85. The van der Waals surface area contributed by atoms with Crippen LogP contribution in [0.15, 0.2) is 60.9 Å². The van der Waals surface area contributed by atoms with Crippen LogP contribution >= 0.6 is 0 Å². The highest BCUT2D eigenvalue weighted by Crippen LogP contribution is 2.25. The number of nitro benzene ring substituents is 1. The van der Waals surface area contributed by atoms with Gasteiger partial charge in [-0.15, -0.1) is 0 Å². The Bertz CT molecular complexity index is 1290. The minimum atomic E-state index is -1.02. The van der Waals surface area contributed by atoms with Crippen LogP contribution in [0.1, 0.15) is 35.4 Å². The second kappa shape index (κ2) is 11.5. The number of rotatable bonds is 10. The molecular weight excluding hydrogens is 478 g/mol. The van der Waals surface area contributed by atoms with Gasteiger partial charge >= 0.3 is 5.97 Å². The molecule has 1 unspecified atom stereocenters. The molecule has 1 aliphatic heterocycles. The summed E-state index contributed by atoms with van der Waals surface area (Å²) in [6.07, 6.45) is 2.38. The maximum atomic E-state index is 13.3. The van der Waals surface area contributed by atoms with Gasteiger partial charge < -0.3 is 19.9 Å². The van der Waals surface area contributed by atoms with E-state index in [4.69, 9.17) is 5.11 Å². The zero-order valence-corrected chi connectivity index (χ0v) is 20.1. The van der Waals surface area contributed by atoms with E-state index in [2.05, 4.69) is 10.3 Å². The minimum Gasteiger partial charge on any atom is -0.481 e. The third-order valence-electron chi connectivity index (χ3n) is 6.35. The topological polar surface area (TPSA) is 148 Å². The van der Waals surface area contributed by atoms with Crippen molar-refractivity contribution in [1.29, 1.82) is 0 Å². The maximum Gasteiger partial charge on any atom is 0.305 e. The molecule has 0 saturated heterocycles. The standard InChI is InChI=1S/C26H27N5O6/c32-24(11-8-18-4-2-1-3-5-18)30-16-23-21(14-22(30)26(35)27-13-12-25(33)34)28-17-29(23)15-19-6-9-20(10-7-19)31(36)37/h1-7,9-10,17,22H,8,11-16H2,(H,27,35)(H,33,34). The fourth-order valence-electron chi connectivity index (χ4n) is 4.37. The SMILES string of the molecule is O=C(O)CCNC(=O)C1Cc2ncn(Cc3ccc([N+](=O)[O-])cc3)c2CN1C(=O)CCc1ccccc1. The van der Waals surface area contributed by atoms with Crippen LogP contribution in [0.5, 0.6) is 0 Å². The van der Waals surface area contributed by atoms with E-state index < -0.39 is 22.8 Å². The van der Waals surface area contributed by atoms with Crippen LogP contribution in [0, 0.1) is 10.1 Å². The van der Waals surface area contributed by atoms with Crippen LogP contribution < -0.4 is 5.32 Å². The van der Waals surface area contributed by atoms with Crippen LogP contribution in [0.25, 0.3) is 0 Å². The fraction of sp³-hybridized carbons (Fsp3) is 0.308. The van der Waals surface area contributed by atoms with E-state index in [1.54, 1.807) is 18.5 Å². The van der Waals surface area contributed by atoms with Gasteiger partial charge in [0, 0.05) is 38.1 Å². The molecule has 4 rings (SSSR count). The number of imidazole rings is 1. The molecule has 2 amide bonds. The number of nitro groups is 1. The van der Waals surface area contributed by atoms with Gasteiger partial charge in [0.25, 0.3) is 5.69 Å². The number of carboxylic acids is 1. The molecule has 192 valence electrons. The van der Waals surface area contributed by atoms with Crippen molar-refractivity contribution in [3.8, 4) is 0 Å². The summed E-state index contributed by atoms with van der Waals surface area (Å²) in [4.78, 5) is 53.7. The first-order valence-corrected chi connectivity index (χ1v) is 11.9. The van der Waals surface area contributed by atoms with Crippen molar-refractivity contribution in [1.82, 2.24) is 19.8 Å². The van der Waals surface area contributed by atoms with Crippen LogP contribution in [0.3, 0.4) is 0 Å². The van der Waals surface area contributed by atoms with Crippen molar-refractivity contribution in [2.24, 2.45) is 0 Å². The third-order valence-corrected chi connectivity index (χ3v) is 6.35. The number of benzene rings is 2. The largest absolute Gasteiger partial charge is 0.481 e. The first-order valence-electron chi connectivity index (χ1n) is 11.9. The average molecular weight is 506 g/mol. The van der Waals surface area contributed by atoms with Gasteiger partial charge in [-0.05, 0) is 17.5 Å². The Labute approximate surface area is 212 Å². The molecule has 1 atom stereocenters. The highest BCUT2D eigenvalue weighted by Gasteiger charge is 2.36. The van der Waals surface area contributed by atoms with Crippen molar-refractivity contribution < 1.29 is 24.4 Å². The number of carbonyl (C=O) groups is 3. The number of amides is 2. The number of hydrogen-bond acceptors (Lipinski definition) is 6. The molecule has 0 saturated carbocycles. The number of aromatic nitrogens is 2. The molecule has 0 aliphatic carbocycles. The van der Waals surface area contributed by atoms with E-state index in [0.29, 0.717) is 18.7 Å². The summed E-state index contributed by atoms with van der Waals surface area (Å²) in [6, 6.07) is 15.0. The average Bonchev–Trinajstić information content (AvgIpc) is 3.28. The van der Waals surface area contributed by atoms with Crippen LogP contribution in [-0.2, 0) is 40.3 Å². The number of aryl methyl sites for hydroxylation is 1. The summed E-state index contributed by atoms with van der Waals surface area (Å²) in [5.41, 5.74) is 3.33. The lowest BCUT2D eigenvalue weighted by Crippen LogP contribution is -2.53. The molecule has 11 nitrogen and oxygen atoms in total. The molecule has 3 aromatic rings. The highest BCUT2D eigenvalue weighted by molar-refractivity contribution is 5.88. The quantitative estimate of drug-likeness (QED) is 0.317. The molecule has 2 N–H and O–H groups in total. The Kier molecular flexibility index (Phi) is 7.92. The van der Waals surface area contributed by atoms with Gasteiger partial charge in [-0.2, -0.15) is 0 Å². The molecule has 0 radical (unpaired) electrons. The lowest BCUT2D eigenvalue weighted by molar-refractivity contribution is -0.384. The molecule has 37 heavy (non-hydrogen) atoms. The second-order valence-electron chi connectivity index (χ2n) is 8.85. The van der Waals surface area contributed by atoms with Gasteiger partial charge in [-0.3, -0.25) is 24.5 Å². The minimum absolute atomic E-state index is 0.00310. The molecule has 0 bridgehead atoms. The predicted molar refractivity (Wildman–Crippen MR) is 132 cm³/mol. The molecule has 1 aromatic heterocycles. The number of carbonyl (C=O) groups excluding carboxylic acids is 2. The molecule has 2 aromatic carbocycles. The Morgan fingerprint density at radius 3 is 2.46 bits per heavy atom. The summed E-state index contributed by atoms with van der Waals surface area (Å²) in [6.45, 7) is 0.549. The molecule has 0 spiro atoms. The highest BCUT2D eigenvalue weighted by atomic mass is 16.6. The number of nitrogens with zero attached hydrogens (tertiary/aromatic N) is 4. The monoisotopic (exact) mass is 505 g/mol. The van der Waals surface area contributed by atoms with E-state index >= 15 is 0 Å². The zero-order chi connectivity index (χ0) is 26.4. The smallest absolute Gasteiger partial charge is 0.305 e. The van der Waals surface area contributed by atoms with Gasteiger partial charge in [0.2, 0.25) is 11.8 Å². The van der Waals surface area contributed by atoms with Gasteiger partial charge in [0.15, 0.2) is 0 Å². The summed E-state index contributed by atoms with van der Waals surface area (Å²) < 4.78 is 1.88. The molecular formula is C26H27N5O6. The van der Waals surface area contributed by atoms with E-state index in [1.807, 2.05) is 34.9 Å². The molecule has 1 aliphatic rings. The Morgan fingerprint density at radius 1 is 1.05 bits per heavy atom. The van der Waals surface area contributed by atoms with E-state index in [0.717, 1.165) is 16.8 Å². The molecule has 0 fully saturated rings. The first kappa shape index (κ1) is 25.5. The fourth-order valence-corrected chi connectivity index (χ4v) is 4.37. The van der Waals surface area contributed by atoms with Crippen molar-refractivity contribution in [2.45, 2.75) is 44.8 Å². The van der Waals surface area contributed by atoms with Gasteiger partial charge in [0.05, 0.1) is 35.6 Å². The maximum absolute atomic E-state index is 13.3. The van der Waals surface area contributed by atoms with Crippen LogP contribution in [0.4, 0.5) is 5.69 Å². The number of fused-ring (bicyclic) bond motifs is 1. The van der Waals surface area contributed by atoms with E-state index in [-0.39, 0.29) is 43.9 Å². The first-order chi connectivity index (χ1) is 17.8. The van der Waals surface area contributed by atoms with Crippen LogP contribution in [0.2, 0.25) is 0 Å². The van der Waals surface area contributed by atoms with Crippen molar-refractivity contribution in [2.75, 3.05) is 6.54 Å². The normalized spacial score (nSPS) is 14.6. The van der Waals surface area contributed by atoms with Crippen molar-refractivity contribution >= 4 is 23.5 Å². The third kappa shape index (κ3) is 6.37. The summed E-state index contributed by atoms with van der Waals surface area (Å²) in [5, 5.41) is 22.5.